The second kappa shape index (κ2) is 3.86. The lowest BCUT2D eigenvalue weighted by atomic mass is 9.54. The Balaban J connectivity index is 2.26. The molecule has 1 aliphatic heterocycles. The predicted molar refractivity (Wildman–Crippen MR) is 67.4 cm³/mol. The van der Waals surface area contributed by atoms with Gasteiger partial charge < -0.3 is 4.81 Å². The molecule has 1 aromatic rings. The van der Waals surface area contributed by atoms with Gasteiger partial charge in [0.2, 0.25) is 0 Å². The molecule has 2 heteroatoms. The first-order valence-electron chi connectivity index (χ1n) is 5.57. The smallest absolute Gasteiger partial charge is 0.284 e. The Bertz CT molecular complexity index is 351. The van der Waals surface area contributed by atoms with E-state index in [0.717, 1.165) is 6.54 Å². The number of benzene rings is 1. The van der Waals surface area contributed by atoms with Crippen LogP contribution < -0.4 is 5.46 Å². The van der Waals surface area contributed by atoms with E-state index in [-0.39, 0.29) is 5.54 Å². The molecule has 0 unspecified atom stereocenters. The van der Waals surface area contributed by atoms with E-state index in [2.05, 4.69) is 68.0 Å². The van der Waals surface area contributed by atoms with Crippen LogP contribution in [0.25, 0.3) is 0 Å². The molecule has 15 heavy (non-hydrogen) atoms. The van der Waals surface area contributed by atoms with Crippen LogP contribution >= 0.6 is 0 Å². The molecule has 0 radical (unpaired) electrons. The zero-order valence-corrected chi connectivity index (χ0v) is 9.77. The van der Waals surface area contributed by atoms with Gasteiger partial charge in [-0.3, -0.25) is 0 Å². The van der Waals surface area contributed by atoms with Crippen LogP contribution in [0.5, 0.6) is 0 Å². The van der Waals surface area contributed by atoms with Crippen LogP contribution in [0.4, 0.5) is 0 Å². The average Bonchev–Trinajstić information content (AvgIpc) is 2.67. The van der Waals surface area contributed by atoms with Crippen LogP contribution in [0, 0.1) is 0 Å². The maximum atomic E-state index is 2.52. The minimum absolute atomic E-state index is 0.226. The van der Waals surface area contributed by atoms with Gasteiger partial charge in [0.25, 0.3) is 6.85 Å². The molecule has 78 valence electrons. The van der Waals surface area contributed by atoms with E-state index in [1.165, 1.54) is 5.46 Å². The van der Waals surface area contributed by atoms with Crippen molar-refractivity contribution in [3.05, 3.63) is 42.4 Å². The van der Waals surface area contributed by atoms with Gasteiger partial charge in [0.05, 0.1) is 0 Å². The molecule has 0 saturated carbocycles. The quantitative estimate of drug-likeness (QED) is 0.626. The van der Waals surface area contributed by atoms with Crippen molar-refractivity contribution in [2.24, 2.45) is 0 Å². The molecule has 0 atom stereocenters. The third kappa shape index (κ3) is 2.15. The molecular formula is C13H18BN. The summed E-state index contributed by atoms with van der Waals surface area (Å²) in [6.07, 6.45) is 2.27. The molecule has 0 N–H and O–H groups in total. The number of hydrogen-bond donors (Lipinski definition) is 0. The Labute approximate surface area is 92.9 Å². The van der Waals surface area contributed by atoms with Crippen LogP contribution in [0.2, 0.25) is 0 Å². The Morgan fingerprint density at radius 1 is 1.13 bits per heavy atom. The maximum absolute atomic E-state index is 2.52. The largest absolute Gasteiger partial charge is 0.326 e. The van der Waals surface area contributed by atoms with Crippen LogP contribution in [-0.2, 0) is 0 Å². The Morgan fingerprint density at radius 2 is 1.80 bits per heavy atom. The third-order valence-electron chi connectivity index (χ3n) is 2.96. The highest BCUT2D eigenvalue weighted by Crippen LogP contribution is 2.19. The fraction of sp³-hybridized carbons (Fsp3) is 0.385. The van der Waals surface area contributed by atoms with Gasteiger partial charge in [0.1, 0.15) is 0 Å². The minimum Gasteiger partial charge on any atom is -0.326 e. The normalized spacial score (nSPS) is 17.4. The van der Waals surface area contributed by atoms with E-state index < -0.39 is 0 Å². The molecule has 0 bridgehead atoms. The lowest BCUT2D eigenvalue weighted by Gasteiger charge is -2.36. The zero-order chi connectivity index (χ0) is 10.9. The summed E-state index contributed by atoms with van der Waals surface area (Å²) in [5, 5.41) is 0. The molecule has 0 amide bonds. The fourth-order valence-corrected chi connectivity index (χ4v) is 2.15. The fourth-order valence-electron chi connectivity index (χ4n) is 2.15. The Kier molecular flexibility index (Phi) is 2.70. The Hall–Kier alpha value is -1.02. The molecule has 0 saturated heterocycles. The van der Waals surface area contributed by atoms with Gasteiger partial charge in [-0.15, -0.1) is 0 Å². The van der Waals surface area contributed by atoms with Crippen LogP contribution in [0.1, 0.15) is 20.8 Å². The van der Waals surface area contributed by atoms with Crippen molar-refractivity contribution in [2.45, 2.75) is 26.3 Å². The van der Waals surface area contributed by atoms with Crippen LogP contribution in [0.3, 0.4) is 0 Å². The summed E-state index contributed by atoms with van der Waals surface area (Å²) in [7, 11) is 0. The van der Waals surface area contributed by atoms with Gasteiger partial charge >= 0.3 is 0 Å². The summed E-state index contributed by atoms with van der Waals surface area (Å²) in [6, 6.07) is 10.7. The summed E-state index contributed by atoms with van der Waals surface area (Å²) in [5.74, 6) is 2.31. The molecule has 1 nitrogen and oxygen atoms in total. The van der Waals surface area contributed by atoms with Crippen molar-refractivity contribution >= 4 is 12.3 Å². The van der Waals surface area contributed by atoms with Crippen molar-refractivity contribution in [2.75, 3.05) is 6.54 Å². The molecule has 2 rings (SSSR count). The first-order chi connectivity index (χ1) is 7.09. The minimum atomic E-state index is 0.226. The molecule has 1 aliphatic rings. The third-order valence-corrected chi connectivity index (χ3v) is 2.96. The molecule has 1 heterocycles. The summed E-state index contributed by atoms with van der Waals surface area (Å²) >= 11 is 0. The van der Waals surface area contributed by atoms with Gasteiger partial charge in [-0.2, -0.15) is 0 Å². The van der Waals surface area contributed by atoms with Crippen molar-refractivity contribution in [3.63, 3.8) is 0 Å². The van der Waals surface area contributed by atoms with E-state index in [9.17, 15) is 0 Å². The van der Waals surface area contributed by atoms with Crippen LogP contribution in [-0.4, -0.2) is 23.7 Å². The molecule has 0 fully saturated rings. The standard InChI is InChI=1S/C13H18BN/c1-13(2,3)15-11-7-10-14(15)12-8-5-4-6-9-12/h4-10H,11H2,1-3H3. The number of rotatable bonds is 1. The van der Waals surface area contributed by atoms with Gasteiger partial charge in [-0.1, -0.05) is 47.8 Å². The van der Waals surface area contributed by atoms with Crippen molar-refractivity contribution in [1.29, 1.82) is 0 Å². The molecule has 1 aromatic carbocycles. The van der Waals surface area contributed by atoms with E-state index in [4.69, 9.17) is 0 Å². The van der Waals surface area contributed by atoms with Gasteiger partial charge in [0.15, 0.2) is 0 Å². The van der Waals surface area contributed by atoms with E-state index >= 15 is 0 Å². The zero-order valence-electron chi connectivity index (χ0n) is 9.77. The summed E-state index contributed by atoms with van der Waals surface area (Å²) in [5.41, 5.74) is 1.62. The second-order valence-corrected chi connectivity index (χ2v) is 5.11. The number of hydrogen-bond acceptors (Lipinski definition) is 1. The summed E-state index contributed by atoms with van der Waals surface area (Å²) in [4.78, 5) is 2.52. The lowest BCUT2D eigenvalue weighted by Crippen LogP contribution is -2.53. The topological polar surface area (TPSA) is 3.24 Å². The van der Waals surface area contributed by atoms with Crippen molar-refractivity contribution < 1.29 is 0 Å². The number of nitrogens with zero attached hydrogens (tertiary/aromatic N) is 1. The SMILES string of the molecule is CC(C)(C)N1CC=CB1c1ccccc1. The molecule has 0 aliphatic carbocycles. The van der Waals surface area contributed by atoms with E-state index in [1.54, 1.807) is 0 Å². The molecular weight excluding hydrogens is 181 g/mol. The molecule has 0 spiro atoms. The highest BCUT2D eigenvalue weighted by molar-refractivity contribution is 6.76. The highest BCUT2D eigenvalue weighted by atomic mass is 15.1. The van der Waals surface area contributed by atoms with Crippen molar-refractivity contribution in [3.8, 4) is 0 Å². The van der Waals surface area contributed by atoms with Gasteiger partial charge in [0, 0.05) is 12.1 Å². The van der Waals surface area contributed by atoms with E-state index in [0.29, 0.717) is 6.85 Å². The lowest BCUT2D eigenvalue weighted by molar-refractivity contribution is 0.279. The first-order valence-corrected chi connectivity index (χ1v) is 5.57. The van der Waals surface area contributed by atoms with E-state index in [1.807, 2.05) is 0 Å². The summed E-state index contributed by atoms with van der Waals surface area (Å²) in [6.45, 7) is 8.33. The monoisotopic (exact) mass is 199 g/mol. The first kappa shape index (κ1) is 10.5. The average molecular weight is 199 g/mol. The van der Waals surface area contributed by atoms with Crippen LogP contribution in [0.15, 0.2) is 42.4 Å². The van der Waals surface area contributed by atoms with Gasteiger partial charge in [-0.05, 0) is 20.8 Å². The highest BCUT2D eigenvalue weighted by Gasteiger charge is 2.33. The summed E-state index contributed by atoms with van der Waals surface area (Å²) < 4.78 is 0. The molecule has 0 aromatic heterocycles. The maximum Gasteiger partial charge on any atom is 0.284 e. The van der Waals surface area contributed by atoms with Crippen molar-refractivity contribution in [1.82, 2.24) is 4.81 Å². The second-order valence-electron chi connectivity index (χ2n) is 5.11. The Morgan fingerprint density at radius 3 is 2.40 bits per heavy atom. The predicted octanol–water partition coefficient (Wildman–Crippen LogP) is 2.09. The van der Waals surface area contributed by atoms with Gasteiger partial charge in [-0.25, -0.2) is 0 Å².